The summed E-state index contributed by atoms with van der Waals surface area (Å²) in [7, 11) is 0. The maximum absolute atomic E-state index is 13.2. The zero-order chi connectivity index (χ0) is 13.0. The van der Waals surface area contributed by atoms with Gasteiger partial charge in [0.05, 0.1) is 6.61 Å². The fourth-order valence-corrected chi connectivity index (χ4v) is 2.34. The van der Waals surface area contributed by atoms with Gasteiger partial charge in [-0.3, -0.25) is 9.80 Å². The van der Waals surface area contributed by atoms with E-state index in [4.69, 9.17) is 10.8 Å². The van der Waals surface area contributed by atoms with Gasteiger partial charge in [0.1, 0.15) is 5.82 Å². The maximum Gasteiger partial charge on any atom is 0.125 e. The highest BCUT2D eigenvalue weighted by atomic mass is 19.1. The van der Waals surface area contributed by atoms with E-state index >= 15 is 0 Å². The first-order valence-corrected chi connectivity index (χ1v) is 6.28. The number of piperazine rings is 1. The molecule has 4 nitrogen and oxygen atoms in total. The number of hydrogen-bond donors (Lipinski definition) is 2. The van der Waals surface area contributed by atoms with Gasteiger partial charge >= 0.3 is 0 Å². The van der Waals surface area contributed by atoms with Crippen LogP contribution in [0.4, 0.5) is 10.1 Å². The van der Waals surface area contributed by atoms with Crippen LogP contribution in [0.25, 0.3) is 0 Å². The highest BCUT2D eigenvalue weighted by Gasteiger charge is 2.16. The minimum absolute atomic E-state index is 0.209. The summed E-state index contributed by atoms with van der Waals surface area (Å²) in [4.78, 5) is 4.51. The Kier molecular flexibility index (Phi) is 4.52. The van der Waals surface area contributed by atoms with Crippen LogP contribution >= 0.6 is 0 Å². The minimum Gasteiger partial charge on any atom is -0.399 e. The van der Waals surface area contributed by atoms with E-state index in [2.05, 4.69) is 9.80 Å². The van der Waals surface area contributed by atoms with Crippen LogP contribution in [-0.2, 0) is 6.54 Å². The van der Waals surface area contributed by atoms with Crippen molar-refractivity contribution in [2.24, 2.45) is 0 Å². The number of nitrogens with zero attached hydrogens (tertiary/aromatic N) is 2. The quantitative estimate of drug-likeness (QED) is 0.768. The molecule has 1 saturated heterocycles. The van der Waals surface area contributed by atoms with Crippen LogP contribution in [0.5, 0.6) is 0 Å². The SMILES string of the molecule is Nc1cc(F)cc(CN2CCN(CCO)CC2)c1. The summed E-state index contributed by atoms with van der Waals surface area (Å²) in [6, 6.07) is 4.70. The van der Waals surface area contributed by atoms with Gasteiger partial charge in [0.2, 0.25) is 0 Å². The van der Waals surface area contributed by atoms with Crippen molar-refractivity contribution >= 4 is 5.69 Å². The molecule has 0 aromatic heterocycles. The number of nitrogens with two attached hydrogens (primary N) is 1. The molecule has 1 fully saturated rings. The summed E-state index contributed by atoms with van der Waals surface area (Å²) in [5.74, 6) is -0.274. The smallest absolute Gasteiger partial charge is 0.125 e. The standard InChI is InChI=1S/C13H20FN3O/c14-12-7-11(8-13(15)9-12)10-17-3-1-16(2-4-17)5-6-18/h7-9,18H,1-6,10,15H2. The molecule has 5 heteroatoms. The van der Waals surface area contributed by atoms with E-state index in [-0.39, 0.29) is 12.4 Å². The summed E-state index contributed by atoms with van der Waals surface area (Å²) >= 11 is 0. The Morgan fingerprint density at radius 3 is 2.39 bits per heavy atom. The topological polar surface area (TPSA) is 52.7 Å². The third kappa shape index (κ3) is 3.66. The Labute approximate surface area is 107 Å². The highest BCUT2D eigenvalue weighted by Crippen LogP contribution is 2.14. The van der Waals surface area contributed by atoms with Gasteiger partial charge in [0.25, 0.3) is 0 Å². The van der Waals surface area contributed by atoms with E-state index in [1.807, 2.05) is 6.07 Å². The molecule has 0 atom stereocenters. The van der Waals surface area contributed by atoms with Gasteiger partial charge in [0, 0.05) is 45.0 Å². The molecular weight excluding hydrogens is 233 g/mol. The van der Waals surface area contributed by atoms with Crippen molar-refractivity contribution in [3.05, 3.63) is 29.6 Å². The van der Waals surface area contributed by atoms with Crippen molar-refractivity contribution in [3.63, 3.8) is 0 Å². The number of β-amino-alcohol motifs (C(OH)–C–C–N with tert-alkyl or cyclic N) is 1. The average Bonchev–Trinajstić information content (AvgIpc) is 2.31. The molecule has 1 aromatic carbocycles. The Balaban J connectivity index is 1.87. The van der Waals surface area contributed by atoms with Crippen molar-refractivity contribution in [2.75, 3.05) is 45.1 Å². The van der Waals surface area contributed by atoms with Gasteiger partial charge in [-0.15, -0.1) is 0 Å². The van der Waals surface area contributed by atoms with E-state index in [9.17, 15) is 4.39 Å². The number of aliphatic hydroxyl groups is 1. The molecule has 0 spiro atoms. The second kappa shape index (κ2) is 6.13. The molecule has 100 valence electrons. The fraction of sp³-hybridized carbons (Fsp3) is 0.538. The van der Waals surface area contributed by atoms with Crippen molar-refractivity contribution in [1.29, 1.82) is 0 Å². The number of halogens is 1. The second-order valence-corrected chi connectivity index (χ2v) is 4.73. The highest BCUT2D eigenvalue weighted by molar-refractivity contribution is 5.41. The molecule has 0 aliphatic carbocycles. The zero-order valence-corrected chi connectivity index (χ0v) is 10.5. The molecule has 0 saturated carbocycles. The lowest BCUT2D eigenvalue weighted by Gasteiger charge is -2.34. The van der Waals surface area contributed by atoms with Gasteiger partial charge in [-0.25, -0.2) is 4.39 Å². The molecule has 18 heavy (non-hydrogen) atoms. The molecule has 0 radical (unpaired) electrons. The third-order valence-corrected chi connectivity index (χ3v) is 3.27. The molecule has 0 unspecified atom stereocenters. The molecule has 2 rings (SSSR count). The summed E-state index contributed by atoms with van der Waals surface area (Å²) < 4.78 is 13.2. The predicted octanol–water partition coefficient (Wildman–Crippen LogP) is 0.518. The van der Waals surface area contributed by atoms with Gasteiger partial charge in [-0.2, -0.15) is 0 Å². The van der Waals surface area contributed by atoms with Crippen LogP contribution in [0.2, 0.25) is 0 Å². The zero-order valence-electron chi connectivity index (χ0n) is 10.5. The van der Waals surface area contributed by atoms with Gasteiger partial charge in [-0.05, 0) is 23.8 Å². The second-order valence-electron chi connectivity index (χ2n) is 4.73. The van der Waals surface area contributed by atoms with Crippen LogP contribution in [0.15, 0.2) is 18.2 Å². The van der Waals surface area contributed by atoms with Crippen LogP contribution in [0, 0.1) is 5.82 Å². The van der Waals surface area contributed by atoms with E-state index in [1.165, 1.54) is 12.1 Å². The van der Waals surface area contributed by atoms with Crippen molar-refractivity contribution < 1.29 is 9.50 Å². The Morgan fingerprint density at radius 1 is 1.11 bits per heavy atom. The first kappa shape index (κ1) is 13.3. The maximum atomic E-state index is 13.2. The minimum atomic E-state index is -0.274. The van der Waals surface area contributed by atoms with Gasteiger partial charge in [-0.1, -0.05) is 0 Å². The molecule has 1 heterocycles. The van der Waals surface area contributed by atoms with Crippen molar-refractivity contribution in [3.8, 4) is 0 Å². The number of anilines is 1. The molecule has 1 aliphatic heterocycles. The van der Waals surface area contributed by atoms with E-state index in [1.54, 1.807) is 0 Å². The Bertz CT molecular complexity index is 372. The summed E-state index contributed by atoms with van der Waals surface area (Å²) in [5.41, 5.74) is 7.03. The van der Waals surface area contributed by atoms with Crippen molar-refractivity contribution in [2.45, 2.75) is 6.54 Å². The van der Waals surface area contributed by atoms with Crippen LogP contribution in [-0.4, -0.2) is 54.2 Å². The molecule has 0 bridgehead atoms. The normalized spacial score (nSPS) is 18.1. The molecule has 0 amide bonds. The first-order valence-electron chi connectivity index (χ1n) is 6.28. The van der Waals surface area contributed by atoms with E-state index < -0.39 is 0 Å². The number of aliphatic hydroxyl groups excluding tert-OH is 1. The lowest BCUT2D eigenvalue weighted by atomic mass is 10.1. The number of hydrogen-bond acceptors (Lipinski definition) is 4. The van der Waals surface area contributed by atoms with Crippen molar-refractivity contribution in [1.82, 2.24) is 9.80 Å². The molecular formula is C13H20FN3O. The average molecular weight is 253 g/mol. The van der Waals surface area contributed by atoms with E-state index in [0.29, 0.717) is 5.69 Å². The van der Waals surface area contributed by atoms with Crippen LogP contribution in [0.3, 0.4) is 0 Å². The Hall–Kier alpha value is -1.17. The summed E-state index contributed by atoms with van der Waals surface area (Å²) in [6.45, 7) is 5.46. The van der Waals surface area contributed by atoms with Gasteiger partial charge < -0.3 is 10.8 Å². The predicted molar refractivity (Wildman–Crippen MR) is 69.6 cm³/mol. The number of rotatable bonds is 4. The number of benzene rings is 1. The first-order chi connectivity index (χ1) is 8.67. The number of nitrogen functional groups attached to an aromatic ring is 1. The third-order valence-electron chi connectivity index (χ3n) is 3.27. The Morgan fingerprint density at radius 2 is 1.78 bits per heavy atom. The largest absolute Gasteiger partial charge is 0.399 e. The monoisotopic (exact) mass is 253 g/mol. The fourth-order valence-electron chi connectivity index (χ4n) is 2.34. The van der Waals surface area contributed by atoms with Crippen LogP contribution in [0.1, 0.15) is 5.56 Å². The summed E-state index contributed by atoms with van der Waals surface area (Å²) in [5, 5.41) is 8.87. The van der Waals surface area contributed by atoms with Crippen LogP contribution < -0.4 is 5.73 Å². The molecule has 1 aromatic rings. The lowest BCUT2D eigenvalue weighted by Crippen LogP contribution is -2.46. The summed E-state index contributed by atoms with van der Waals surface area (Å²) in [6.07, 6.45) is 0. The lowest BCUT2D eigenvalue weighted by molar-refractivity contribution is 0.108. The molecule has 3 N–H and O–H groups in total. The van der Waals surface area contributed by atoms with E-state index in [0.717, 1.165) is 44.8 Å². The molecule has 1 aliphatic rings. The van der Waals surface area contributed by atoms with Gasteiger partial charge in [0.15, 0.2) is 0 Å².